The highest BCUT2D eigenvalue weighted by molar-refractivity contribution is 7.91. The Kier molecular flexibility index (Phi) is 11.1. The van der Waals surface area contributed by atoms with Gasteiger partial charge in [-0.2, -0.15) is 4.31 Å². The van der Waals surface area contributed by atoms with Crippen LogP contribution in [0.1, 0.15) is 86.0 Å². The Labute approximate surface area is 299 Å². The maximum Gasteiger partial charge on any atom is 0.315 e. The molecule has 1 aromatic rings. The van der Waals surface area contributed by atoms with Crippen LogP contribution in [-0.2, 0) is 29.2 Å². The van der Waals surface area contributed by atoms with Crippen LogP contribution < -0.4 is 21.7 Å². The summed E-state index contributed by atoms with van der Waals surface area (Å²) in [6, 6.07) is -0.782. The molecule has 13 nitrogen and oxygen atoms in total. The van der Waals surface area contributed by atoms with E-state index in [1.165, 1.54) is 16.3 Å². The van der Waals surface area contributed by atoms with Crippen LogP contribution in [-0.4, -0.2) is 91.5 Å². The predicted molar refractivity (Wildman–Crippen MR) is 189 cm³/mol. The third-order valence-corrected chi connectivity index (χ3v) is 14.6. The van der Waals surface area contributed by atoms with E-state index in [0.29, 0.717) is 13.0 Å². The number of urea groups is 1. The molecular formula is C35H54N6O7S2. The number of fused-ring (bicyclic) bond motifs is 1. The summed E-state index contributed by atoms with van der Waals surface area (Å²) in [5.74, 6) is -2.67. The summed E-state index contributed by atoms with van der Waals surface area (Å²) in [5.41, 5.74) is 4.36. The molecule has 0 aromatic carbocycles. The average molecular weight is 735 g/mol. The Hall–Kier alpha value is -3.04. The lowest BCUT2D eigenvalue weighted by molar-refractivity contribution is -0.145. The van der Waals surface area contributed by atoms with Gasteiger partial charge in [0, 0.05) is 26.2 Å². The Balaban J connectivity index is 1.33. The van der Waals surface area contributed by atoms with Gasteiger partial charge in [-0.1, -0.05) is 72.8 Å². The first-order chi connectivity index (χ1) is 23.3. The van der Waals surface area contributed by atoms with Gasteiger partial charge in [-0.05, 0) is 65.2 Å². The number of ketones is 1. The van der Waals surface area contributed by atoms with E-state index in [0.717, 1.165) is 56.3 Å². The lowest BCUT2D eigenvalue weighted by Crippen LogP contribution is -2.62. The van der Waals surface area contributed by atoms with Crippen LogP contribution >= 0.6 is 11.3 Å². The number of carbonyl (C=O) groups is 5. The number of piperidine rings is 1. The van der Waals surface area contributed by atoms with Crippen molar-refractivity contribution in [1.29, 1.82) is 0 Å². The topological polar surface area (TPSA) is 188 Å². The highest BCUT2D eigenvalue weighted by Crippen LogP contribution is 2.65. The minimum absolute atomic E-state index is 0.0573. The van der Waals surface area contributed by atoms with Crippen LogP contribution in [0.5, 0.6) is 0 Å². The van der Waals surface area contributed by atoms with E-state index in [9.17, 15) is 32.4 Å². The molecule has 2 heterocycles. The second-order valence-electron chi connectivity index (χ2n) is 16.5. The lowest BCUT2D eigenvalue weighted by atomic mass is 9.83. The number of primary amides is 1. The van der Waals surface area contributed by atoms with Crippen LogP contribution in [0.25, 0.3) is 0 Å². The quantitative estimate of drug-likeness (QED) is 0.212. The zero-order chi connectivity index (χ0) is 36.8. The third-order valence-electron chi connectivity index (χ3n) is 11.4. The molecule has 5 rings (SSSR count). The van der Waals surface area contributed by atoms with Crippen molar-refractivity contribution in [3.8, 4) is 0 Å². The number of thiophene rings is 1. The number of nitrogens with one attached hydrogen (secondary N) is 3. The molecule has 6 atom stereocenters. The van der Waals surface area contributed by atoms with Crippen LogP contribution in [0.4, 0.5) is 4.79 Å². The summed E-state index contributed by atoms with van der Waals surface area (Å²) in [4.78, 5) is 68.2. The van der Waals surface area contributed by atoms with E-state index in [2.05, 4.69) is 29.8 Å². The number of amides is 5. The van der Waals surface area contributed by atoms with Crippen molar-refractivity contribution in [2.24, 2.45) is 40.2 Å². The van der Waals surface area contributed by atoms with E-state index in [1.807, 2.05) is 20.8 Å². The molecule has 0 bridgehead atoms. The smallest absolute Gasteiger partial charge is 0.315 e. The Morgan fingerprint density at radius 3 is 2.26 bits per heavy atom. The molecule has 50 heavy (non-hydrogen) atoms. The number of hydrogen-bond donors (Lipinski definition) is 4. The van der Waals surface area contributed by atoms with Gasteiger partial charge < -0.3 is 26.6 Å². The third kappa shape index (κ3) is 8.20. The average Bonchev–Trinajstić information content (AvgIpc) is 3.73. The van der Waals surface area contributed by atoms with E-state index in [-0.39, 0.29) is 39.8 Å². The second kappa shape index (κ2) is 14.5. The van der Waals surface area contributed by atoms with Gasteiger partial charge in [0.15, 0.2) is 0 Å². The van der Waals surface area contributed by atoms with Crippen molar-refractivity contribution in [1.82, 2.24) is 25.2 Å². The Morgan fingerprint density at radius 1 is 1.04 bits per heavy atom. The highest BCUT2D eigenvalue weighted by atomic mass is 32.2. The molecule has 1 unspecified atom stereocenters. The summed E-state index contributed by atoms with van der Waals surface area (Å²) >= 11 is 1.14. The normalized spacial score (nSPS) is 25.3. The van der Waals surface area contributed by atoms with Gasteiger partial charge in [0.2, 0.25) is 17.6 Å². The summed E-state index contributed by atoms with van der Waals surface area (Å²) in [5, 5.41) is 10.4. The molecule has 4 fully saturated rings. The van der Waals surface area contributed by atoms with Crippen molar-refractivity contribution in [2.75, 3.05) is 20.1 Å². The Morgan fingerprint density at radius 2 is 1.70 bits per heavy atom. The van der Waals surface area contributed by atoms with Gasteiger partial charge in [0.1, 0.15) is 16.3 Å². The molecule has 0 radical (unpaired) electrons. The molecule has 3 aliphatic carbocycles. The van der Waals surface area contributed by atoms with E-state index in [4.69, 9.17) is 5.73 Å². The lowest BCUT2D eigenvalue weighted by Gasteiger charge is -2.38. The van der Waals surface area contributed by atoms with Crippen molar-refractivity contribution < 1.29 is 32.4 Å². The number of hydrogen-bond acceptors (Lipinski definition) is 8. The van der Waals surface area contributed by atoms with Crippen molar-refractivity contribution >= 4 is 50.9 Å². The number of nitrogens with zero attached hydrogens (tertiary/aromatic N) is 2. The van der Waals surface area contributed by atoms with Crippen LogP contribution in [0.2, 0.25) is 0 Å². The second-order valence-corrected chi connectivity index (χ2v) is 19.7. The highest BCUT2D eigenvalue weighted by Gasteiger charge is 2.70. The molecule has 1 aliphatic heterocycles. The number of carbonyl (C=O) groups excluding carboxylic acids is 5. The zero-order valence-electron chi connectivity index (χ0n) is 30.1. The van der Waals surface area contributed by atoms with Crippen molar-refractivity contribution in [3.05, 3.63) is 17.5 Å². The maximum atomic E-state index is 14.4. The summed E-state index contributed by atoms with van der Waals surface area (Å²) < 4.78 is 28.1. The van der Waals surface area contributed by atoms with Gasteiger partial charge in [0.25, 0.3) is 15.9 Å². The van der Waals surface area contributed by atoms with Gasteiger partial charge >= 0.3 is 6.03 Å². The fourth-order valence-electron chi connectivity index (χ4n) is 8.10. The molecule has 1 aromatic heterocycles. The Bertz CT molecular complexity index is 1560. The van der Waals surface area contributed by atoms with E-state index >= 15 is 0 Å². The molecule has 1 saturated heterocycles. The summed E-state index contributed by atoms with van der Waals surface area (Å²) in [7, 11) is -2.23. The van der Waals surface area contributed by atoms with E-state index < -0.39 is 69.1 Å². The SMILES string of the molecule is CN(C[C@@H](NC(=O)N[C@H](C(=O)N1C[C@H]2[C@@H]([C@H]1C(=O)NC(CC1CC1)C(=O)C(N)=O)C2(C)C)C(C)(C)C)C1CCCCC1)S(=O)(=O)c1cccs1. The molecule has 0 spiro atoms. The molecule has 5 amide bonds. The number of sulfonamides is 1. The van der Waals surface area contributed by atoms with E-state index in [1.54, 1.807) is 17.5 Å². The van der Waals surface area contributed by atoms with Gasteiger partial charge in [0.05, 0.1) is 6.04 Å². The fraction of sp³-hybridized carbons (Fsp3) is 0.743. The molecule has 15 heteroatoms. The first kappa shape index (κ1) is 38.2. The number of Topliss-reactive ketones (excluding diaryl/α,β-unsaturated/α-hetero) is 1. The molecular weight excluding hydrogens is 681 g/mol. The van der Waals surface area contributed by atoms with Crippen molar-refractivity contribution in [3.63, 3.8) is 0 Å². The number of likely N-dealkylation sites (tertiary alicyclic amines) is 1. The zero-order valence-corrected chi connectivity index (χ0v) is 31.7. The first-order valence-corrected chi connectivity index (χ1v) is 20.2. The van der Waals surface area contributed by atoms with Crippen LogP contribution in [0, 0.1) is 34.5 Å². The standard InChI is InChI=1S/C35H54N6O7S2/c1-34(2,3)29(39-33(46)38-24(21-11-8-7-9-12-21)19-40(6)50(47,48)25-13-10-16-49-25)32(45)41-18-22-26(35(22,4)5)27(41)31(44)37-23(17-20-14-15-20)28(42)30(36)43/h10,13,16,20-24,26-27,29H,7-9,11-12,14-15,17-19H2,1-6H3,(H2,36,43)(H,37,44)(H2,38,39,46)/t22-,23?,24+,26-,27-,29+/m0/s1. The number of rotatable bonds is 14. The predicted octanol–water partition coefficient (Wildman–Crippen LogP) is 2.85. The molecule has 5 N–H and O–H groups in total. The first-order valence-electron chi connectivity index (χ1n) is 17.9. The molecule has 4 aliphatic rings. The van der Waals surface area contributed by atoms with Gasteiger partial charge in [-0.3, -0.25) is 19.2 Å². The molecule has 3 saturated carbocycles. The monoisotopic (exact) mass is 734 g/mol. The van der Waals surface area contributed by atoms with Gasteiger partial charge in [-0.15, -0.1) is 11.3 Å². The minimum Gasteiger partial charge on any atom is -0.363 e. The summed E-state index contributed by atoms with van der Waals surface area (Å²) in [6.45, 7) is 10.0. The molecule has 278 valence electrons. The number of nitrogens with two attached hydrogens (primary N) is 1. The van der Waals surface area contributed by atoms with Crippen molar-refractivity contribution in [2.45, 2.75) is 114 Å². The fourth-order valence-corrected chi connectivity index (χ4v) is 10.5. The summed E-state index contributed by atoms with van der Waals surface area (Å²) in [6.07, 6.45) is 6.90. The van der Waals surface area contributed by atoms with Crippen LogP contribution in [0.15, 0.2) is 21.7 Å². The minimum atomic E-state index is -3.75. The number of likely N-dealkylation sites (N-methyl/N-ethyl adjacent to an activating group) is 1. The largest absolute Gasteiger partial charge is 0.363 e. The van der Waals surface area contributed by atoms with Crippen LogP contribution in [0.3, 0.4) is 0 Å². The van der Waals surface area contributed by atoms with Gasteiger partial charge in [-0.25, -0.2) is 13.2 Å². The maximum absolute atomic E-state index is 14.4.